The molecule has 5 aromatic rings. The number of pyridine rings is 1. The van der Waals surface area contributed by atoms with E-state index >= 15 is 0 Å². The van der Waals surface area contributed by atoms with Crippen molar-refractivity contribution in [3.05, 3.63) is 159 Å². The molecule has 1 N–H and O–H groups in total. The van der Waals surface area contributed by atoms with Gasteiger partial charge in [-0.1, -0.05) is 128 Å². The molecule has 0 fully saturated rings. The second-order valence-electron chi connectivity index (χ2n) is 11.1. The Morgan fingerprint density at radius 2 is 1.32 bits per heavy atom. The van der Waals surface area contributed by atoms with Crippen molar-refractivity contribution in [2.75, 3.05) is 0 Å². The molecule has 0 radical (unpaired) electrons. The first-order valence-corrected chi connectivity index (χ1v) is 13.8. The predicted octanol–water partition coefficient (Wildman–Crippen LogP) is 8.59. The topological polar surface area (TPSA) is 33.1 Å². The van der Waals surface area contributed by atoms with Crippen LogP contribution in [0.5, 0.6) is 0 Å². The van der Waals surface area contributed by atoms with E-state index in [0.717, 1.165) is 21.3 Å². The summed E-state index contributed by atoms with van der Waals surface area (Å²) in [5, 5.41) is 11.6. The van der Waals surface area contributed by atoms with Gasteiger partial charge in [-0.25, -0.2) is 0 Å². The molecule has 1 aromatic heterocycles. The van der Waals surface area contributed by atoms with Gasteiger partial charge in [0.2, 0.25) is 0 Å². The number of benzene rings is 4. The Balaban J connectivity index is 1.71. The fourth-order valence-corrected chi connectivity index (χ4v) is 6.24. The lowest BCUT2D eigenvalue weighted by Crippen LogP contribution is -2.31. The van der Waals surface area contributed by atoms with Crippen molar-refractivity contribution < 1.29 is 5.11 Å². The number of nitrogens with zero attached hydrogens (tertiary/aromatic N) is 1. The van der Waals surface area contributed by atoms with Gasteiger partial charge in [0.05, 0.1) is 16.8 Å². The monoisotopic (exact) mass is 559 g/mol. The summed E-state index contributed by atoms with van der Waals surface area (Å²) >= 11 is 3.56. The van der Waals surface area contributed by atoms with Crippen LogP contribution in [0, 0.1) is 0 Å². The summed E-state index contributed by atoms with van der Waals surface area (Å²) in [5.41, 5.74) is 8.84. The fraction of sp³-hybridized carbons (Fsp3) is 0.171. The van der Waals surface area contributed by atoms with Crippen LogP contribution < -0.4 is 0 Å². The number of aliphatic hydroxyl groups excluding tert-OH is 1. The standard InChI is InChI=1S/C35H30BrNO/c1-34(2,3)25-21-31(33(38)23-12-11-15-26(36)20-23)37-32(22-25)35(24-13-5-4-6-14-24)29-18-9-7-16-27(29)28-17-8-10-19-30(28)35/h4-22,33,38H,1-3H3. The number of aliphatic hydroxyl groups is 1. The van der Waals surface area contributed by atoms with Gasteiger partial charge in [-0.3, -0.25) is 4.98 Å². The van der Waals surface area contributed by atoms with Crippen LogP contribution in [0.1, 0.15) is 66.1 Å². The Bertz CT molecular complexity index is 1590. The Morgan fingerprint density at radius 1 is 0.711 bits per heavy atom. The third kappa shape index (κ3) is 3.93. The van der Waals surface area contributed by atoms with Crippen molar-refractivity contribution in [2.45, 2.75) is 37.7 Å². The van der Waals surface area contributed by atoms with Gasteiger partial charge in [-0.05, 0) is 68.6 Å². The van der Waals surface area contributed by atoms with Crippen LogP contribution >= 0.6 is 15.9 Å². The van der Waals surface area contributed by atoms with E-state index in [0.29, 0.717) is 5.69 Å². The normalized spacial score (nSPS) is 14.6. The van der Waals surface area contributed by atoms with Crippen LogP contribution in [0.15, 0.2) is 120 Å². The zero-order chi connectivity index (χ0) is 26.5. The Labute approximate surface area is 233 Å². The Kier molecular flexibility index (Phi) is 6.09. The molecule has 0 saturated heterocycles. The van der Waals surface area contributed by atoms with Crippen molar-refractivity contribution in [3.8, 4) is 11.1 Å². The highest BCUT2D eigenvalue weighted by Crippen LogP contribution is 2.55. The van der Waals surface area contributed by atoms with Gasteiger partial charge < -0.3 is 5.11 Å². The minimum absolute atomic E-state index is 0.140. The molecule has 6 rings (SSSR count). The van der Waals surface area contributed by atoms with Crippen LogP contribution in [-0.2, 0) is 10.8 Å². The number of aromatic nitrogens is 1. The first kappa shape index (κ1) is 24.8. The fourth-order valence-electron chi connectivity index (χ4n) is 5.82. The third-order valence-electron chi connectivity index (χ3n) is 7.70. The summed E-state index contributed by atoms with van der Waals surface area (Å²) in [7, 11) is 0. The maximum absolute atomic E-state index is 11.6. The van der Waals surface area contributed by atoms with E-state index < -0.39 is 11.5 Å². The molecular weight excluding hydrogens is 530 g/mol. The van der Waals surface area contributed by atoms with E-state index in [1.54, 1.807) is 0 Å². The zero-order valence-electron chi connectivity index (χ0n) is 21.8. The van der Waals surface area contributed by atoms with Crippen LogP contribution in [0.25, 0.3) is 11.1 Å². The van der Waals surface area contributed by atoms with E-state index in [2.05, 4.69) is 128 Å². The van der Waals surface area contributed by atoms with Crippen molar-refractivity contribution in [1.82, 2.24) is 4.98 Å². The van der Waals surface area contributed by atoms with E-state index in [1.165, 1.54) is 27.8 Å². The van der Waals surface area contributed by atoms with Gasteiger partial charge in [0, 0.05) is 4.47 Å². The predicted molar refractivity (Wildman–Crippen MR) is 158 cm³/mol. The maximum atomic E-state index is 11.6. The first-order chi connectivity index (χ1) is 18.3. The van der Waals surface area contributed by atoms with Crippen LogP contribution in [0.4, 0.5) is 0 Å². The van der Waals surface area contributed by atoms with Gasteiger partial charge in [0.15, 0.2) is 0 Å². The molecule has 188 valence electrons. The van der Waals surface area contributed by atoms with Gasteiger partial charge in [0.25, 0.3) is 0 Å². The number of hydrogen-bond donors (Lipinski definition) is 1. The maximum Gasteiger partial charge on any atom is 0.121 e. The molecule has 1 atom stereocenters. The summed E-state index contributed by atoms with van der Waals surface area (Å²) in [6, 6.07) is 40.2. The smallest absolute Gasteiger partial charge is 0.121 e. The molecule has 4 aromatic carbocycles. The summed E-state index contributed by atoms with van der Waals surface area (Å²) in [5.74, 6) is 0. The van der Waals surface area contributed by atoms with Crippen molar-refractivity contribution >= 4 is 15.9 Å². The van der Waals surface area contributed by atoms with E-state index in [9.17, 15) is 5.11 Å². The number of hydrogen-bond acceptors (Lipinski definition) is 2. The van der Waals surface area contributed by atoms with Gasteiger partial charge in [0.1, 0.15) is 6.10 Å². The zero-order valence-corrected chi connectivity index (χ0v) is 23.4. The second kappa shape index (κ2) is 9.34. The van der Waals surface area contributed by atoms with E-state index in [1.807, 2.05) is 24.3 Å². The van der Waals surface area contributed by atoms with Crippen LogP contribution in [0.2, 0.25) is 0 Å². The van der Waals surface area contributed by atoms with Crippen molar-refractivity contribution in [3.63, 3.8) is 0 Å². The minimum atomic E-state index is -0.853. The molecule has 0 saturated carbocycles. The van der Waals surface area contributed by atoms with Gasteiger partial charge >= 0.3 is 0 Å². The molecule has 0 bridgehead atoms. The molecule has 1 aliphatic rings. The molecule has 3 heteroatoms. The summed E-state index contributed by atoms with van der Waals surface area (Å²) in [6.07, 6.45) is -0.853. The molecule has 1 aliphatic carbocycles. The lowest BCUT2D eigenvalue weighted by atomic mass is 9.69. The number of fused-ring (bicyclic) bond motifs is 3. The van der Waals surface area contributed by atoms with E-state index in [4.69, 9.17) is 4.98 Å². The number of rotatable bonds is 4. The Morgan fingerprint density at radius 3 is 1.92 bits per heavy atom. The molecule has 1 unspecified atom stereocenters. The van der Waals surface area contributed by atoms with E-state index in [-0.39, 0.29) is 5.41 Å². The molecule has 38 heavy (non-hydrogen) atoms. The molecule has 0 spiro atoms. The average Bonchev–Trinajstić information content (AvgIpc) is 3.24. The Hall–Kier alpha value is -3.53. The molecule has 1 heterocycles. The van der Waals surface area contributed by atoms with Crippen molar-refractivity contribution in [2.24, 2.45) is 0 Å². The minimum Gasteiger partial charge on any atom is -0.382 e. The van der Waals surface area contributed by atoms with Gasteiger partial charge in [-0.15, -0.1) is 0 Å². The first-order valence-electron chi connectivity index (χ1n) is 13.0. The summed E-state index contributed by atoms with van der Waals surface area (Å²) < 4.78 is 0.931. The molecular formula is C35H30BrNO. The van der Waals surface area contributed by atoms with Crippen LogP contribution in [0.3, 0.4) is 0 Å². The second-order valence-corrected chi connectivity index (χ2v) is 12.0. The SMILES string of the molecule is CC(C)(C)c1cc(C(O)c2cccc(Br)c2)nc(C2(c3ccccc3)c3ccccc3-c3ccccc32)c1. The quantitative estimate of drug-likeness (QED) is 0.234. The van der Waals surface area contributed by atoms with Crippen molar-refractivity contribution in [1.29, 1.82) is 0 Å². The largest absolute Gasteiger partial charge is 0.382 e. The lowest BCUT2D eigenvalue weighted by molar-refractivity contribution is 0.214. The summed E-state index contributed by atoms with van der Waals surface area (Å²) in [4.78, 5) is 5.32. The molecule has 2 nitrogen and oxygen atoms in total. The molecule has 0 aliphatic heterocycles. The summed E-state index contributed by atoms with van der Waals surface area (Å²) in [6.45, 7) is 6.65. The highest BCUT2D eigenvalue weighted by Gasteiger charge is 2.47. The number of halogens is 1. The third-order valence-corrected chi connectivity index (χ3v) is 8.19. The van der Waals surface area contributed by atoms with Crippen LogP contribution in [-0.4, -0.2) is 10.1 Å². The lowest BCUT2D eigenvalue weighted by Gasteiger charge is -2.34. The van der Waals surface area contributed by atoms with Gasteiger partial charge in [-0.2, -0.15) is 0 Å². The highest BCUT2D eigenvalue weighted by molar-refractivity contribution is 9.10. The average molecular weight is 561 g/mol. The molecule has 0 amide bonds. The highest BCUT2D eigenvalue weighted by atomic mass is 79.9.